The molecule has 0 aromatic carbocycles. The zero-order valence-electron chi connectivity index (χ0n) is 12.0. The van der Waals surface area contributed by atoms with Crippen LogP contribution in [0, 0.1) is 0 Å². The highest BCUT2D eigenvalue weighted by Crippen LogP contribution is 2.11. The van der Waals surface area contributed by atoms with Crippen molar-refractivity contribution in [2.24, 2.45) is 0 Å². The predicted molar refractivity (Wildman–Crippen MR) is 78.9 cm³/mol. The van der Waals surface area contributed by atoms with E-state index >= 15 is 0 Å². The summed E-state index contributed by atoms with van der Waals surface area (Å²) in [7, 11) is 0. The van der Waals surface area contributed by atoms with Crippen molar-refractivity contribution < 1.29 is 4.79 Å². The molecule has 5 nitrogen and oxygen atoms in total. The van der Waals surface area contributed by atoms with Crippen LogP contribution in [0.2, 0.25) is 0 Å². The van der Waals surface area contributed by atoms with Gasteiger partial charge in [-0.05, 0) is 25.8 Å². The molecule has 1 aliphatic rings. The average molecular weight is 277 g/mol. The van der Waals surface area contributed by atoms with Gasteiger partial charge in [0.1, 0.15) is 5.56 Å². The van der Waals surface area contributed by atoms with E-state index in [4.69, 9.17) is 0 Å². The maximum Gasteiger partial charge on any atom is 0.256 e. The summed E-state index contributed by atoms with van der Waals surface area (Å²) in [6.07, 6.45) is 7.36. The molecule has 0 saturated carbocycles. The molecule has 0 atom stereocenters. The lowest BCUT2D eigenvalue weighted by Gasteiger charge is -2.32. The van der Waals surface area contributed by atoms with E-state index in [1.54, 1.807) is 0 Å². The molecule has 1 saturated heterocycles. The van der Waals surface area contributed by atoms with Crippen molar-refractivity contribution in [2.75, 3.05) is 19.6 Å². The van der Waals surface area contributed by atoms with Crippen molar-refractivity contribution in [3.05, 3.63) is 34.2 Å². The Bertz CT molecular complexity index is 490. The number of H-pyrrole nitrogens is 1. The van der Waals surface area contributed by atoms with Crippen molar-refractivity contribution in [2.45, 2.75) is 38.6 Å². The van der Waals surface area contributed by atoms with Crippen LogP contribution in [0.5, 0.6) is 0 Å². The highest BCUT2D eigenvalue weighted by atomic mass is 16.2. The van der Waals surface area contributed by atoms with Gasteiger partial charge in [0.05, 0.1) is 0 Å². The maximum atomic E-state index is 12.0. The molecule has 1 aromatic heterocycles. The van der Waals surface area contributed by atoms with E-state index < -0.39 is 0 Å². The highest BCUT2D eigenvalue weighted by molar-refractivity contribution is 5.93. The van der Waals surface area contributed by atoms with E-state index in [-0.39, 0.29) is 22.9 Å². The summed E-state index contributed by atoms with van der Waals surface area (Å²) in [5, 5.41) is 2.97. The van der Waals surface area contributed by atoms with Crippen LogP contribution in [0.15, 0.2) is 23.3 Å². The number of likely N-dealkylation sites (tertiary alicyclic amines) is 1. The lowest BCUT2D eigenvalue weighted by Crippen LogP contribution is -2.45. The lowest BCUT2D eigenvalue weighted by molar-refractivity contribution is 0.0909. The molecule has 2 N–H and O–H groups in total. The number of nitrogens with one attached hydrogen (secondary N) is 2. The van der Waals surface area contributed by atoms with Crippen LogP contribution < -0.4 is 10.7 Å². The molecule has 110 valence electrons. The third-order valence-corrected chi connectivity index (χ3v) is 3.82. The Balaban J connectivity index is 1.82. The minimum Gasteiger partial charge on any atom is -0.367 e. The van der Waals surface area contributed by atoms with Crippen LogP contribution in [0.1, 0.15) is 43.0 Å². The summed E-state index contributed by atoms with van der Waals surface area (Å²) in [5.41, 5.74) is -0.0393. The summed E-state index contributed by atoms with van der Waals surface area (Å²) < 4.78 is 0. The Morgan fingerprint density at radius 2 is 2.20 bits per heavy atom. The minimum absolute atomic E-state index is 0.181. The number of amides is 1. The molecule has 0 bridgehead atoms. The molecule has 2 rings (SSSR count). The molecule has 0 aliphatic carbocycles. The first kappa shape index (κ1) is 14.8. The summed E-state index contributed by atoms with van der Waals surface area (Å²) in [5.74, 6) is -0.265. The van der Waals surface area contributed by atoms with Gasteiger partial charge >= 0.3 is 0 Å². The first-order chi connectivity index (χ1) is 9.70. The van der Waals surface area contributed by atoms with Crippen molar-refractivity contribution in [3.8, 4) is 0 Å². The SMILES string of the molecule is CCCCN1CCC(NC(=O)c2c[nH]ccc2=O)CC1. The van der Waals surface area contributed by atoms with E-state index in [0.29, 0.717) is 0 Å². The number of unbranched alkanes of at least 4 members (excludes halogenated alkanes) is 1. The fraction of sp³-hybridized carbons (Fsp3) is 0.600. The zero-order valence-corrected chi connectivity index (χ0v) is 12.0. The van der Waals surface area contributed by atoms with Crippen molar-refractivity contribution in [3.63, 3.8) is 0 Å². The minimum atomic E-state index is -0.265. The van der Waals surface area contributed by atoms with Crippen molar-refractivity contribution in [1.82, 2.24) is 15.2 Å². The second-order valence-electron chi connectivity index (χ2n) is 5.37. The van der Waals surface area contributed by atoms with Crippen LogP contribution in [-0.2, 0) is 0 Å². The fourth-order valence-electron chi connectivity index (χ4n) is 2.54. The van der Waals surface area contributed by atoms with Gasteiger partial charge in [-0.1, -0.05) is 13.3 Å². The summed E-state index contributed by atoms with van der Waals surface area (Å²) in [6, 6.07) is 1.56. The molecule has 1 aromatic rings. The molecule has 0 spiro atoms. The molecule has 5 heteroatoms. The van der Waals surface area contributed by atoms with Gasteiger partial charge in [-0.25, -0.2) is 0 Å². The van der Waals surface area contributed by atoms with Gasteiger partial charge in [-0.2, -0.15) is 0 Å². The van der Waals surface area contributed by atoms with Crippen molar-refractivity contribution >= 4 is 5.91 Å². The van der Waals surface area contributed by atoms with Gasteiger partial charge in [0.2, 0.25) is 0 Å². The number of rotatable bonds is 5. The van der Waals surface area contributed by atoms with E-state index in [0.717, 1.165) is 32.5 Å². The van der Waals surface area contributed by atoms with Gasteiger partial charge in [-0.15, -0.1) is 0 Å². The van der Waals surface area contributed by atoms with Crippen LogP contribution >= 0.6 is 0 Å². The molecule has 0 radical (unpaired) electrons. The summed E-state index contributed by atoms with van der Waals surface area (Å²) in [4.78, 5) is 28.9. The summed E-state index contributed by atoms with van der Waals surface area (Å²) in [6.45, 7) is 5.39. The zero-order chi connectivity index (χ0) is 14.4. The Hall–Kier alpha value is -1.62. The highest BCUT2D eigenvalue weighted by Gasteiger charge is 2.21. The normalized spacial score (nSPS) is 17.1. The van der Waals surface area contributed by atoms with E-state index in [9.17, 15) is 9.59 Å². The molecular weight excluding hydrogens is 254 g/mol. The Labute approximate surface area is 119 Å². The number of piperidine rings is 1. The lowest BCUT2D eigenvalue weighted by atomic mass is 10.0. The van der Waals surface area contributed by atoms with E-state index in [1.165, 1.54) is 31.3 Å². The third-order valence-electron chi connectivity index (χ3n) is 3.82. The number of pyridine rings is 1. The third kappa shape index (κ3) is 3.93. The van der Waals surface area contributed by atoms with Gasteiger partial charge in [0.15, 0.2) is 5.43 Å². The summed E-state index contributed by atoms with van der Waals surface area (Å²) >= 11 is 0. The number of nitrogens with zero attached hydrogens (tertiary/aromatic N) is 1. The first-order valence-electron chi connectivity index (χ1n) is 7.41. The number of hydrogen-bond acceptors (Lipinski definition) is 3. The van der Waals surface area contributed by atoms with Gasteiger partial charge in [0.25, 0.3) is 5.91 Å². The molecule has 1 amide bonds. The standard InChI is InChI=1S/C15H23N3O2/c1-2-3-8-18-9-5-12(6-10-18)17-15(20)13-11-16-7-4-14(13)19/h4,7,11-12H,2-3,5-6,8-10H2,1H3,(H,16,19)(H,17,20). The number of hydrogen-bond donors (Lipinski definition) is 2. The quantitative estimate of drug-likeness (QED) is 0.854. The van der Waals surface area contributed by atoms with E-state index in [1.807, 2.05) is 0 Å². The molecule has 1 fully saturated rings. The van der Waals surface area contributed by atoms with Gasteiger partial charge in [0, 0.05) is 37.6 Å². The second kappa shape index (κ2) is 7.24. The molecule has 1 aliphatic heterocycles. The molecule has 2 heterocycles. The largest absolute Gasteiger partial charge is 0.367 e. The van der Waals surface area contributed by atoms with Crippen molar-refractivity contribution in [1.29, 1.82) is 0 Å². The number of carbonyl (C=O) groups excluding carboxylic acids is 1. The maximum absolute atomic E-state index is 12.0. The van der Waals surface area contributed by atoms with Crippen LogP contribution in [0.25, 0.3) is 0 Å². The molecular formula is C15H23N3O2. The average Bonchev–Trinajstić information content (AvgIpc) is 2.47. The van der Waals surface area contributed by atoms with Gasteiger partial charge in [-0.3, -0.25) is 9.59 Å². The Morgan fingerprint density at radius 3 is 2.85 bits per heavy atom. The first-order valence-corrected chi connectivity index (χ1v) is 7.41. The predicted octanol–water partition coefficient (Wildman–Crippen LogP) is 1.37. The fourth-order valence-corrected chi connectivity index (χ4v) is 2.54. The van der Waals surface area contributed by atoms with Crippen LogP contribution in [-0.4, -0.2) is 41.5 Å². The second-order valence-corrected chi connectivity index (χ2v) is 5.37. The topological polar surface area (TPSA) is 65.2 Å². The monoisotopic (exact) mass is 277 g/mol. The Kier molecular flexibility index (Phi) is 5.35. The molecule has 0 unspecified atom stereocenters. The van der Waals surface area contributed by atoms with Gasteiger partial charge < -0.3 is 15.2 Å². The van der Waals surface area contributed by atoms with Crippen LogP contribution in [0.4, 0.5) is 0 Å². The smallest absolute Gasteiger partial charge is 0.256 e. The number of carbonyl (C=O) groups is 1. The van der Waals surface area contributed by atoms with E-state index in [2.05, 4.69) is 22.1 Å². The number of aromatic nitrogens is 1. The number of aromatic amines is 1. The molecule has 20 heavy (non-hydrogen) atoms. The Morgan fingerprint density at radius 1 is 1.45 bits per heavy atom. The van der Waals surface area contributed by atoms with Crippen LogP contribution in [0.3, 0.4) is 0 Å².